The van der Waals surface area contributed by atoms with Crippen molar-refractivity contribution in [1.29, 1.82) is 0 Å². The Morgan fingerprint density at radius 1 is 1.22 bits per heavy atom. The Balaban J connectivity index is 0.00000242. The second-order valence-corrected chi connectivity index (χ2v) is 5.77. The first-order chi connectivity index (χ1) is 10.1. The highest BCUT2D eigenvalue weighted by Crippen LogP contribution is 2.28. The summed E-state index contributed by atoms with van der Waals surface area (Å²) in [5.74, 6) is -0.0386. The molecular formula is C17H27Cl2N3O. The summed E-state index contributed by atoms with van der Waals surface area (Å²) >= 11 is 0. The summed E-state index contributed by atoms with van der Waals surface area (Å²) in [7, 11) is 0. The average Bonchev–Trinajstić information content (AvgIpc) is 2.46. The maximum Gasteiger partial charge on any atom is 0.221 e. The van der Waals surface area contributed by atoms with Crippen LogP contribution in [0.15, 0.2) is 36.4 Å². The highest BCUT2D eigenvalue weighted by Gasteiger charge is 2.22. The van der Waals surface area contributed by atoms with Crippen LogP contribution in [0, 0.1) is 0 Å². The number of hydrogen-bond donors (Lipinski definition) is 2. The third-order valence-electron chi connectivity index (χ3n) is 3.75. The molecule has 0 saturated carbocycles. The second-order valence-electron chi connectivity index (χ2n) is 5.77. The van der Waals surface area contributed by atoms with Gasteiger partial charge >= 0.3 is 0 Å². The van der Waals surface area contributed by atoms with Crippen LogP contribution in [-0.4, -0.2) is 37.0 Å². The smallest absolute Gasteiger partial charge is 0.221 e. The van der Waals surface area contributed by atoms with Gasteiger partial charge in [-0.25, -0.2) is 0 Å². The van der Waals surface area contributed by atoms with Gasteiger partial charge in [0.2, 0.25) is 5.91 Å². The lowest BCUT2D eigenvalue weighted by atomic mass is 9.97. The Labute approximate surface area is 151 Å². The molecule has 0 spiro atoms. The Morgan fingerprint density at radius 3 is 2.26 bits per heavy atom. The van der Waals surface area contributed by atoms with Gasteiger partial charge in [0.15, 0.2) is 0 Å². The van der Waals surface area contributed by atoms with E-state index in [1.807, 2.05) is 12.1 Å². The standard InChI is InChI=1S/C17H25N3O.2ClH/c1-13(2)12-17(20-10-8-18-9-11-20)15-4-6-16(7-5-15)19-14(3)21;;/h4-7,17-18H,1,8-12H2,2-3H3,(H,19,21);2*1H/t17-;;/m0../s1. The molecule has 1 fully saturated rings. The number of halogens is 2. The Morgan fingerprint density at radius 2 is 1.78 bits per heavy atom. The molecule has 1 aliphatic heterocycles. The maximum absolute atomic E-state index is 11.1. The van der Waals surface area contributed by atoms with Gasteiger partial charge in [-0.3, -0.25) is 9.69 Å². The normalized spacial score (nSPS) is 15.7. The van der Waals surface area contributed by atoms with Crippen LogP contribution in [0.3, 0.4) is 0 Å². The number of carbonyl (C=O) groups is 1. The van der Waals surface area contributed by atoms with Crippen LogP contribution < -0.4 is 10.6 Å². The van der Waals surface area contributed by atoms with E-state index in [0.717, 1.165) is 38.3 Å². The van der Waals surface area contributed by atoms with Gasteiger partial charge in [-0.05, 0) is 31.0 Å². The molecule has 1 aliphatic rings. The number of rotatable bonds is 5. The minimum atomic E-state index is -0.0386. The van der Waals surface area contributed by atoms with Crippen LogP contribution in [0.5, 0.6) is 0 Å². The van der Waals surface area contributed by atoms with Gasteiger partial charge in [0.05, 0.1) is 0 Å². The molecule has 0 bridgehead atoms. The summed E-state index contributed by atoms with van der Waals surface area (Å²) in [6.07, 6.45) is 0.972. The van der Waals surface area contributed by atoms with Crippen molar-refractivity contribution >= 4 is 36.4 Å². The SMILES string of the molecule is C=C(C)C[C@@H](c1ccc(NC(C)=O)cc1)N1CCNCC1.Cl.Cl. The minimum Gasteiger partial charge on any atom is -0.326 e. The largest absolute Gasteiger partial charge is 0.326 e. The van der Waals surface area contributed by atoms with Crippen LogP contribution >= 0.6 is 24.8 Å². The average molecular weight is 360 g/mol. The topological polar surface area (TPSA) is 44.4 Å². The zero-order valence-electron chi connectivity index (χ0n) is 13.8. The molecule has 1 amide bonds. The predicted octanol–water partition coefficient (Wildman–Crippen LogP) is 3.40. The molecule has 130 valence electrons. The fraction of sp³-hybridized carbons (Fsp3) is 0.471. The molecule has 1 saturated heterocycles. The van der Waals surface area contributed by atoms with Gasteiger partial charge < -0.3 is 10.6 Å². The molecule has 1 heterocycles. The van der Waals surface area contributed by atoms with Crippen molar-refractivity contribution in [3.05, 3.63) is 42.0 Å². The summed E-state index contributed by atoms with van der Waals surface area (Å²) in [6.45, 7) is 11.9. The third kappa shape index (κ3) is 6.92. The summed E-state index contributed by atoms with van der Waals surface area (Å²) in [4.78, 5) is 13.6. The van der Waals surface area contributed by atoms with Crippen molar-refractivity contribution in [3.63, 3.8) is 0 Å². The highest BCUT2D eigenvalue weighted by molar-refractivity contribution is 5.88. The first-order valence-corrected chi connectivity index (χ1v) is 7.53. The van der Waals surface area contributed by atoms with Crippen molar-refractivity contribution in [2.45, 2.75) is 26.3 Å². The van der Waals surface area contributed by atoms with E-state index >= 15 is 0 Å². The number of nitrogens with zero attached hydrogens (tertiary/aromatic N) is 1. The minimum absolute atomic E-state index is 0. The van der Waals surface area contributed by atoms with E-state index in [9.17, 15) is 4.79 Å². The number of amides is 1. The Hall–Kier alpha value is -1.07. The first kappa shape index (κ1) is 21.9. The van der Waals surface area contributed by atoms with Gasteiger partial charge in [0, 0.05) is 44.8 Å². The third-order valence-corrected chi connectivity index (χ3v) is 3.75. The molecule has 0 unspecified atom stereocenters. The van der Waals surface area contributed by atoms with Gasteiger partial charge in [-0.15, -0.1) is 31.4 Å². The fourth-order valence-electron chi connectivity index (χ4n) is 2.77. The van der Waals surface area contributed by atoms with E-state index in [4.69, 9.17) is 0 Å². The van der Waals surface area contributed by atoms with E-state index in [2.05, 4.69) is 41.2 Å². The molecule has 23 heavy (non-hydrogen) atoms. The number of carbonyl (C=O) groups excluding carboxylic acids is 1. The van der Waals surface area contributed by atoms with Crippen LogP contribution in [0.4, 0.5) is 5.69 Å². The molecule has 0 aliphatic carbocycles. The van der Waals surface area contributed by atoms with Crippen LogP contribution in [0.25, 0.3) is 0 Å². The van der Waals surface area contributed by atoms with Gasteiger partial charge in [-0.2, -0.15) is 0 Å². The van der Waals surface area contributed by atoms with E-state index in [1.54, 1.807) is 0 Å². The highest BCUT2D eigenvalue weighted by atomic mass is 35.5. The van der Waals surface area contributed by atoms with E-state index in [1.165, 1.54) is 18.1 Å². The van der Waals surface area contributed by atoms with Gasteiger partial charge in [0.25, 0.3) is 0 Å². The van der Waals surface area contributed by atoms with Crippen molar-refractivity contribution in [1.82, 2.24) is 10.2 Å². The molecule has 1 atom stereocenters. The fourth-order valence-corrected chi connectivity index (χ4v) is 2.77. The lowest BCUT2D eigenvalue weighted by Gasteiger charge is -2.35. The second kappa shape index (κ2) is 10.7. The molecule has 2 N–H and O–H groups in total. The number of piperazine rings is 1. The lowest BCUT2D eigenvalue weighted by molar-refractivity contribution is -0.114. The molecule has 0 aromatic heterocycles. The molecule has 2 rings (SSSR count). The van der Waals surface area contributed by atoms with Crippen molar-refractivity contribution < 1.29 is 4.79 Å². The number of hydrogen-bond acceptors (Lipinski definition) is 3. The molecule has 0 radical (unpaired) electrons. The molecule has 4 nitrogen and oxygen atoms in total. The maximum atomic E-state index is 11.1. The van der Waals surface area contributed by atoms with Crippen molar-refractivity contribution in [2.24, 2.45) is 0 Å². The number of nitrogens with one attached hydrogen (secondary N) is 2. The zero-order chi connectivity index (χ0) is 15.2. The van der Waals surface area contributed by atoms with E-state index < -0.39 is 0 Å². The summed E-state index contributed by atoms with van der Waals surface area (Å²) < 4.78 is 0. The predicted molar refractivity (Wildman–Crippen MR) is 102 cm³/mol. The monoisotopic (exact) mass is 359 g/mol. The van der Waals surface area contributed by atoms with Crippen LogP contribution in [-0.2, 0) is 4.79 Å². The van der Waals surface area contributed by atoms with Gasteiger partial charge in [-0.1, -0.05) is 17.7 Å². The molecular weight excluding hydrogens is 333 g/mol. The van der Waals surface area contributed by atoms with E-state index in [-0.39, 0.29) is 30.7 Å². The molecule has 6 heteroatoms. The van der Waals surface area contributed by atoms with Crippen molar-refractivity contribution in [3.8, 4) is 0 Å². The zero-order valence-corrected chi connectivity index (χ0v) is 15.4. The first-order valence-electron chi connectivity index (χ1n) is 7.53. The van der Waals surface area contributed by atoms with Crippen LogP contribution in [0.2, 0.25) is 0 Å². The Kier molecular flexibility index (Phi) is 10.2. The van der Waals surface area contributed by atoms with Crippen LogP contribution in [0.1, 0.15) is 31.9 Å². The van der Waals surface area contributed by atoms with E-state index in [0.29, 0.717) is 6.04 Å². The molecule has 1 aromatic carbocycles. The number of anilines is 1. The lowest BCUT2D eigenvalue weighted by Crippen LogP contribution is -2.45. The quantitative estimate of drug-likeness (QED) is 0.791. The van der Waals surface area contributed by atoms with Crippen molar-refractivity contribution in [2.75, 3.05) is 31.5 Å². The Bertz CT molecular complexity index is 499. The van der Waals surface area contributed by atoms with Gasteiger partial charge in [0.1, 0.15) is 0 Å². The summed E-state index contributed by atoms with van der Waals surface area (Å²) in [5, 5.41) is 6.20. The molecule has 1 aromatic rings. The summed E-state index contributed by atoms with van der Waals surface area (Å²) in [6, 6.07) is 8.55. The summed E-state index contributed by atoms with van der Waals surface area (Å²) in [5.41, 5.74) is 3.33. The number of benzene rings is 1.